The first kappa shape index (κ1) is 6.62. The van der Waals surface area contributed by atoms with Crippen molar-refractivity contribution in [1.82, 2.24) is 5.32 Å². The van der Waals surface area contributed by atoms with Crippen molar-refractivity contribution in [3.8, 4) is 0 Å². The number of rotatable bonds is 0. The lowest BCUT2D eigenvalue weighted by molar-refractivity contribution is 0.258. The maximum Gasteiger partial charge on any atom is 0.0197 e. The molecule has 0 aromatic heterocycles. The lowest BCUT2D eigenvalue weighted by atomic mass is 9.86. The van der Waals surface area contributed by atoms with Crippen molar-refractivity contribution in [2.45, 2.75) is 25.3 Å². The molecular weight excluding hydrogens is 124 g/mol. The van der Waals surface area contributed by atoms with E-state index in [1.54, 1.807) is 0 Å². The number of nitrogens with two attached hydrogens (primary N) is 1. The largest absolute Gasteiger partial charge is 0.326 e. The molecule has 1 saturated heterocycles. The summed E-state index contributed by atoms with van der Waals surface area (Å²) >= 11 is 0. The molecule has 0 radical (unpaired) electrons. The van der Waals surface area contributed by atoms with Gasteiger partial charge in [-0.3, -0.25) is 0 Å². The van der Waals surface area contributed by atoms with E-state index in [-0.39, 0.29) is 0 Å². The molecule has 1 aliphatic carbocycles. The zero-order chi connectivity index (χ0) is 6.97. The van der Waals surface area contributed by atoms with E-state index < -0.39 is 0 Å². The zero-order valence-electron chi connectivity index (χ0n) is 6.34. The fourth-order valence-corrected chi connectivity index (χ4v) is 2.47. The Bertz CT molecular complexity index is 124. The molecule has 0 aromatic rings. The molecular formula is C8H16N2. The van der Waals surface area contributed by atoms with Crippen LogP contribution in [0.1, 0.15) is 19.3 Å². The van der Waals surface area contributed by atoms with Crippen molar-refractivity contribution >= 4 is 0 Å². The summed E-state index contributed by atoms with van der Waals surface area (Å²) in [5.41, 5.74) is 5.96. The number of fused-ring (bicyclic) bond motifs is 1. The second-order valence-electron chi connectivity index (χ2n) is 3.68. The van der Waals surface area contributed by atoms with Crippen molar-refractivity contribution in [2.75, 3.05) is 13.1 Å². The van der Waals surface area contributed by atoms with Crippen molar-refractivity contribution < 1.29 is 0 Å². The fraction of sp³-hybridized carbons (Fsp3) is 1.00. The number of hydrogen-bond acceptors (Lipinski definition) is 2. The molecule has 3 N–H and O–H groups in total. The van der Waals surface area contributed by atoms with Crippen molar-refractivity contribution in [2.24, 2.45) is 17.6 Å². The Balaban J connectivity index is 2.03. The van der Waals surface area contributed by atoms with Crippen LogP contribution < -0.4 is 11.1 Å². The predicted octanol–water partition coefficient (Wildman–Crippen LogP) is 0.333. The number of piperidine rings is 1. The number of hydrogen-bond donors (Lipinski definition) is 2. The fourth-order valence-electron chi connectivity index (χ4n) is 2.47. The molecule has 0 bridgehead atoms. The summed E-state index contributed by atoms with van der Waals surface area (Å²) in [5, 5.41) is 3.38. The van der Waals surface area contributed by atoms with Crippen LogP contribution in [0.2, 0.25) is 0 Å². The molecule has 0 unspecified atom stereocenters. The average Bonchev–Trinajstić information content (AvgIpc) is 2.36. The molecule has 1 heterocycles. The second-order valence-corrected chi connectivity index (χ2v) is 3.68. The van der Waals surface area contributed by atoms with Gasteiger partial charge in [0.25, 0.3) is 0 Å². The van der Waals surface area contributed by atoms with Crippen LogP contribution in [-0.2, 0) is 0 Å². The van der Waals surface area contributed by atoms with E-state index in [1.807, 2.05) is 0 Å². The molecule has 10 heavy (non-hydrogen) atoms. The van der Waals surface area contributed by atoms with E-state index in [0.717, 1.165) is 18.4 Å². The zero-order valence-corrected chi connectivity index (χ0v) is 6.34. The van der Waals surface area contributed by atoms with Crippen molar-refractivity contribution in [3.05, 3.63) is 0 Å². The molecule has 0 aromatic carbocycles. The van der Waals surface area contributed by atoms with Gasteiger partial charge in [-0.2, -0.15) is 0 Å². The third-order valence-corrected chi connectivity index (χ3v) is 3.05. The first-order valence-corrected chi connectivity index (χ1v) is 4.34. The van der Waals surface area contributed by atoms with Gasteiger partial charge < -0.3 is 11.1 Å². The van der Waals surface area contributed by atoms with Crippen molar-refractivity contribution in [3.63, 3.8) is 0 Å². The van der Waals surface area contributed by atoms with E-state index in [2.05, 4.69) is 5.32 Å². The van der Waals surface area contributed by atoms with Gasteiger partial charge in [-0.25, -0.2) is 0 Å². The van der Waals surface area contributed by atoms with Gasteiger partial charge in [0.05, 0.1) is 0 Å². The first-order chi connectivity index (χ1) is 4.88. The average molecular weight is 140 g/mol. The van der Waals surface area contributed by atoms with Crippen LogP contribution in [0, 0.1) is 11.8 Å². The van der Waals surface area contributed by atoms with Crippen LogP contribution in [0.25, 0.3) is 0 Å². The maximum absolute atomic E-state index is 5.96. The lowest BCUT2D eigenvalue weighted by Crippen LogP contribution is -2.49. The van der Waals surface area contributed by atoms with Gasteiger partial charge in [-0.05, 0) is 31.2 Å². The van der Waals surface area contributed by atoms with Crippen LogP contribution in [0.5, 0.6) is 0 Å². The van der Waals surface area contributed by atoms with Gasteiger partial charge >= 0.3 is 0 Å². The Hall–Kier alpha value is -0.0800. The smallest absolute Gasteiger partial charge is 0.0197 e. The van der Waals surface area contributed by atoms with E-state index in [1.165, 1.54) is 25.8 Å². The van der Waals surface area contributed by atoms with Gasteiger partial charge in [0.2, 0.25) is 0 Å². The predicted molar refractivity (Wildman–Crippen MR) is 41.7 cm³/mol. The Labute approximate surface area is 62.2 Å². The van der Waals surface area contributed by atoms with E-state index in [9.17, 15) is 0 Å². The molecule has 1 aliphatic heterocycles. The van der Waals surface area contributed by atoms with Crippen LogP contribution >= 0.6 is 0 Å². The third-order valence-electron chi connectivity index (χ3n) is 3.05. The van der Waals surface area contributed by atoms with Gasteiger partial charge in [0.1, 0.15) is 0 Å². The molecule has 2 rings (SSSR count). The number of nitrogens with one attached hydrogen (secondary N) is 1. The normalized spacial score (nSPS) is 47.1. The molecule has 0 spiro atoms. The Morgan fingerprint density at radius 2 is 2.10 bits per heavy atom. The van der Waals surface area contributed by atoms with Gasteiger partial charge in [0, 0.05) is 12.6 Å². The summed E-state index contributed by atoms with van der Waals surface area (Å²) < 4.78 is 0. The Morgan fingerprint density at radius 1 is 1.20 bits per heavy atom. The molecule has 2 nitrogen and oxygen atoms in total. The van der Waals surface area contributed by atoms with Crippen LogP contribution in [0.15, 0.2) is 0 Å². The monoisotopic (exact) mass is 140 g/mol. The second kappa shape index (κ2) is 2.51. The first-order valence-electron chi connectivity index (χ1n) is 4.34. The van der Waals surface area contributed by atoms with Gasteiger partial charge in [-0.1, -0.05) is 6.42 Å². The highest BCUT2D eigenvalue weighted by molar-refractivity contribution is 4.90. The topological polar surface area (TPSA) is 38.0 Å². The minimum Gasteiger partial charge on any atom is -0.326 e. The summed E-state index contributed by atoms with van der Waals surface area (Å²) in [6.07, 6.45) is 4.20. The highest BCUT2D eigenvalue weighted by Crippen LogP contribution is 2.34. The van der Waals surface area contributed by atoms with Crippen molar-refractivity contribution in [1.29, 1.82) is 0 Å². The summed E-state index contributed by atoms with van der Waals surface area (Å²) in [4.78, 5) is 0. The minimum atomic E-state index is 0.446. The molecule has 0 amide bonds. The Kier molecular flexibility index (Phi) is 1.66. The Morgan fingerprint density at radius 3 is 2.90 bits per heavy atom. The minimum absolute atomic E-state index is 0.446. The molecule has 1 saturated carbocycles. The highest BCUT2D eigenvalue weighted by Gasteiger charge is 2.34. The van der Waals surface area contributed by atoms with Crippen LogP contribution in [0.3, 0.4) is 0 Å². The molecule has 58 valence electrons. The molecule has 2 aliphatic rings. The van der Waals surface area contributed by atoms with E-state index in [4.69, 9.17) is 5.73 Å². The quantitative estimate of drug-likeness (QED) is 0.509. The standard InChI is InChI=1S/C8H16N2/c9-8-5-10-4-6-2-1-3-7(6)8/h6-8,10H,1-5,9H2/t6-,7-,8-/m0/s1. The molecule has 3 atom stereocenters. The maximum atomic E-state index is 5.96. The summed E-state index contributed by atoms with van der Waals surface area (Å²) in [6, 6.07) is 0.446. The van der Waals surface area contributed by atoms with Gasteiger partial charge in [0.15, 0.2) is 0 Å². The third kappa shape index (κ3) is 0.956. The molecule has 2 fully saturated rings. The SMILES string of the molecule is N[C@H]1CNC[C@@H]2CCC[C@@H]21. The van der Waals surface area contributed by atoms with Crippen LogP contribution in [-0.4, -0.2) is 19.1 Å². The lowest BCUT2D eigenvalue weighted by Gasteiger charge is -2.31. The summed E-state index contributed by atoms with van der Waals surface area (Å²) in [5.74, 6) is 1.75. The summed E-state index contributed by atoms with van der Waals surface area (Å²) in [6.45, 7) is 2.26. The van der Waals surface area contributed by atoms with E-state index >= 15 is 0 Å². The summed E-state index contributed by atoms with van der Waals surface area (Å²) in [7, 11) is 0. The van der Waals surface area contributed by atoms with Gasteiger partial charge in [-0.15, -0.1) is 0 Å². The van der Waals surface area contributed by atoms with E-state index in [0.29, 0.717) is 6.04 Å². The highest BCUT2D eigenvalue weighted by atomic mass is 14.9. The molecule has 2 heteroatoms. The van der Waals surface area contributed by atoms with Crippen LogP contribution in [0.4, 0.5) is 0 Å².